The predicted octanol–water partition coefficient (Wildman–Crippen LogP) is 1.65. The summed E-state index contributed by atoms with van der Waals surface area (Å²) >= 11 is 0. The summed E-state index contributed by atoms with van der Waals surface area (Å²) in [6.07, 6.45) is 1.94. The Balaban J connectivity index is 1.66. The number of anilines is 1. The van der Waals surface area contributed by atoms with E-state index in [1.807, 2.05) is 6.08 Å². The Hall–Kier alpha value is -2.34. The average Bonchev–Trinajstić information content (AvgIpc) is 3.11. The first-order valence-corrected chi connectivity index (χ1v) is 7.74. The molecule has 0 spiro atoms. The number of rotatable bonds is 1. The minimum atomic E-state index is -0.365. The zero-order valence-electron chi connectivity index (χ0n) is 12.9. The second-order valence-corrected chi connectivity index (χ2v) is 6.10. The first-order valence-electron chi connectivity index (χ1n) is 7.74. The number of carbonyl (C=O) groups is 1. The van der Waals surface area contributed by atoms with Gasteiger partial charge in [-0.2, -0.15) is 0 Å². The number of hydrogen-bond donors (Lipinski definition) is 1. The van der Waals surface area contributed by atoms with Crippen LogP contribution in [0.4, 0.5) is 10.1 Å². The van der Waals surface area contributed by atoms with Gasteiger partial charge in [0.15, 0.2) is 0 Å². The van der Waals surface area contributed by atoms with Crippen LogP contribution in [-0.2, 0) is 9.53 Å². The highest BCUT2D eigenvalue weighted by Gasteiger charge is 2.31. The summed E-state index contributed by atoms with van der Waals surface area (Å²) in [5, 5.41) is 2.70. The number of hydrogen-bond acceptors (Lipinski definition) is 4. The number of nitrogens with zero attached hydrogens (tertiary/aromatic N) is 2. The topological polar surface area (TPSA) is 44.8 Å². The van der Waals surface area contributed by atoms with Crippen molar-refractivity contribution < 1.29 is 13.9 Å². The highest BCUT2D eigenvalue weighted by molar-refractivity contribution is 6.32. The lowest BCUT2D eigenvalue weighted by Gasteiger charge is -2.34. The third kappa shape index (κ3) is 2.49. The van der Waals surface area contributed by atoms with Crippen LogP contribution in [0.5, 0.6) is 0 Å². The van der Waals surface area contributed by atoms with E-state index in [1.54, 1.807) is 6.07 Å². The first kappa shape index (κ1) is 14.3. The number of ether oxygens (including phenoxy) is 1. The number of piperazine rings is 1. The van der Waals surface area contributed by atoms with Crippen molar-refractivity contribution in [2.75, 3.05) is 45.2 Å². The maximum atomic E-state index is 13.3. The van der Waals surface area contributed by atoms with Crippen molar-refractivity contribution >= 4 is 17.2 Å². The van der Waals surface area contributed by atoms with Crippen LogP contribution in [0.2, 0.25) is 0 Å². The van der Waals surface area contributed by atoms with Crippen LogP contribution < -0.4 is 5.32 Å². The number of fused-ring (bicyclic) bond motifs is 1. The number of amides is 1. The van der Waals surface area contributed by atoms with Crippen molar-refractivity contribution in [1.82, 2.24) is 9.80 Å². The molecule has 3 aliphatic heterocycles. The van der Waals surface area contributed by atoms with E-state index in [2.05, 4.69) is 22.2 Å². The van der Waals surface area contributed by atoms with E-state index >= 15 is 0 Å². The van der Waals surface area contributed by atoms with Crippen molar-refractivity contribution in [3.63, 3.8) is 0 Å². The lowest BCUT2D eigenvalue weighted by atomic mass is 10.1. The minimum absolute atomic E-state index is 0.239. The zero-order chi connectivity index (χ0) is 16.0. The third-order valence-electron chi connectivity index (χ3n) is 4.56. The second-order valence-electron chi connectivity index (χ2n) is 6.10. The Morgan fingerprint density at radius 3 is 2.78 bits per heavy atom. The summed E-state index contributed by atoms with van der Waals surface area (Å²) in [6.45, 7) is 4.44. The van der Waals surface area contributed by atoms with Crippen LogP contribution in [-0.4, -0.2) is 55.5 Å². The molecule has 4 rings (SSSR count). The summed E-state index contributed by atoms with van der Waals surface area (Å²) < 4.78 is 19.1. The largest absolute Gasteiger partial charge is 0.486 e. The van der Waals surface area contributed by atoms with Gasteiger partial charge in [-0.3, -0.25) is 4.79 Å². The number of likely N-dealkylation sites (N-methyl/N-ethyl adjacent to an activating group) is 1. The van der Waals surface area contributed by atoms with E-state index < -0.39 is 0 Å². The van der Waals surface area contributed by atoms with Gasteiger partial charge in [-0.05, 0) is 25.2 Å². The van der Waals surface area contributed by atoms with E-state index in [1.165, 1.54) is 12.1 Å². The number of allylic oxidation sites excluding steroid dienone is 1. The van der Waals surface area contributed by atoms with Crippen LogP contribution in [0.1, 0.15) is 5.56 Å². The minimum Gasteiger partial charge on any atom is -0.486 e. The van der Waals surface area contributed by atoms with E-state index in [0.717, 1.165) is 31.9 Å². The fraction of sp³-hybridized carbons (Fsp3) is 0.353. The Kier molecular flexibility index (Phi) is 3.34. The van der Waals surface area contributed by atoms with Gasteiger partial charge in [0, 0.05) is 37.8 Å². The molecule has 1 saturated heterocycles. The van der Waals surface area contributed by atoms with Crippen LogP contribution in [0.3, 0.4) is 0 Å². The Bertz CT molecular complexity index is 733. The van der Waals surface area contributed by atoms with Gasteiger partial charge >= 0.3 is 0 Å². The number of benzene rings is 1. The van der Waals surface area contributed by atoms with Crippen molar-refractivity contribution in [2.45, 2.75) is 0 Å². The van der Waals surface area contributed by atoms with E-state index in [-0.39, 0.29) is 11.7 Å². The Labute approximate surface area is 134 Å². The van der Waals surface area contributed by atoms with Gasteiger partial charge < -0.3 is 19.9 Å². The Morgan fingerprint density at radius 1 is 1.22 bits per heavy atom. The van der Waals surface area contributed by atoms with E-state index in [9.17, 15) is 9.18 Å². The molecule has 1 amide bonds. The van der Waals surface area contributed by atoms with Gasteiger partial charge in [0.05, 0.1) is 17.0 Å². The summed E-state index contributed by atoms with van der Waals surface area (Å²) in [5.41, 5.74) is 2.79. The van der Waals surface area contributed by atoms with Crippen molar-refractivity contribution in [2.24, 2.45) is 0 Å². The van der Waals surface area contributed by atoms with Crippen LogP contribution in [0.25, 0.3) is 5.57 Å². The van der Waals surface area contributed by atoms with E-state index in [4.69, 9.17) is 4.74 Å². The molecule has 3 heterocycles. The van der Waals surface area contributed by atoms with Crippen molar-refractivity contribution in [1.29, 1.82) is 0 Å². The van der Waals surface area contributed by atoms with Gasteiger partial charge in [0.2, 0.25) is 0 Å². The molecule has 0 bridgehead atoms. The van der Waals surface area contributed by atoms with Crippen molar-refractivity contribution in [3.8, 4) is 0 Å². The molecule has 1 aromatic carbocycles. The predicted molar refractivity (Wildman–Crippen MR) is 85.1 cm³/mol. The molecule has 120 valence electrons. The fourth-order valence-corrected chi connectivity index (χ4v) is 3.20. The molecule has 1 N–H and O–H groups in total. The highest BCUT2D eigenvalue weighted by Crippen LogP contribution is 2.37. The normalized spacial score (nSPS) is 24.3. The highest BCUT2D eigenvalue weighted by atomic mass is 19.1. The molecule has 0 unspecified atom stereocenters. The number of halogens is 1. The standard InChI is InChI=1S/C17H18FN3O2/c1-20-4-6-21(7-5-20)12-9-15(23-10-12)16-13-3-2-11(18)8-14(13)19-17(16)22/h2-3,8-9H,4-7,10H2,1H3,(H,19,22)/b16-15+. The van der Waals surface area contributed by atoms with Crippen LogP contribution in [0, 0.1) is 5.82 Å². The summed E-state index contributed by atoms with van der Waals surface area (Å²) in [4.78, 5) is 16.8. The van der Waals surface area contributed by atoms with Crippen molar-refractivity contribution in [3.05, 3.63) is 47.1 Å². The molecule has 1 aromatic rings. The van der Waals surface area contributed by atoms with Crippen LogP contribution in [0.15, 0.2) is 35.7 Å². The second kappa shape index (κ2) is 5.38. The first-order chi connectivity index (χ1) is 11.1. The molecule has 5 nitrogen and oxygen atoms in total. The summed E-state index contributed by atoms with van der Waals surface area (Å²) in [7, 11) is 2.11. The summed E-state index contributed by atoms with van der Waals surface area (Å²) in [6, 6.07) is 4.32. The average molecular weight is 315 g/mol. The van der Waals surface area contributed by atoms with Gasteiger partial charge in [-0.15, -0.1) is 0 Å². The quantitative estimate of drug-likeness (QED) is 0.801. The zero-order valence-corrected chi connectivity index (χ0v) is 12.9. The molecule has 0 atom stereocenters. The molecule has 0 saturated carbocycles. The molecule has 1 fully saturated rings. The molecular weight excluding hydrogens is 297 g/mol. The molecule has 0 aromatic heterocycles. The summed E-state index contributed by atoms with van der Waals surface area (Å²) in [5.74, 6) is -0.0328. The maximum absolute atomic E-state index is 13.3. The van der Waals surface area contributed by atoms with Crippen LogP contribution >= 0.6 is 0 Å². The number of nitrogens with one attached hydrogen (secondary N) is 1. The fourth-order valence-electron chi connectivity index (χ4n) is 3.20. The molecular formula is C17H18FN3O2. The number of carbonyl (C=O) groups excluding carboxylic acids is 1. The van der Waals surface area contributed by atoms with Gasteiger partial charge in [0.25, 0.3) is 5.91 Å². The lowest BCUT2D eigenvalue weighted by Crippen LogP contribution is -2.44. The maximum Gasteiger partial charge on any atom is 0.260 e. The van der Waals surface area contributed by atoms with Gasteiger partial charge in [-0.25, -0.2) is 4.39 Å². The molecule has 6 heteroatoms. The molecule has 3 aliphatic rings. The Morgan fingerprint density at radius 2 is 2.00 bits per heavy atom. The molecule has 0 aliphatic carbocycles. The van der Waals surface area contributed by atoms with E-state index in [0.29, 0.717) is 29.2 Å². The monoisotopic (exact) mass is 315 g/mol. The third-order valence-corrected chi connectivity index (χ3v) is 4.56. The van der Waals surface area contributed by atoms with Gasteiger partial charge in [-0.1, -0.05) is 0 Å². The molecule has 23 heavy (non-hydrogen) atoms. The lowest BCUT2D eigenvalue weighted by molar-refractivity contribution is -0.110. The SMILES string of the molecule is CN1CCN(C2=C/C(=C3\C(=O)Nc4cc(F)ccc43)OC2)CC1. The van der Waals surface area contributed by atoms with Gasteiger partial charge in [0.1, 0.15) is 18.2 Å². The molecule has 0 radical (unpaired) electrons. The smallest absolute Gasteiger partial charge is 0.260 e.